The van der Waals surface area contributed by atoms with Crippen molar-refractivity contribution >= 4 is 5.97 Å². The van der Waals surface area contributed by atoms with Crippen LogP contribution in [0.2, 0.25) is 0 Å². The molecule has 17 heavy (non-hydrogen) atoms. The SMILES string of the molecule is CCOC(=O)Cc1[nH]c(=O)cc(F)c1C(F)F. The van der Waals surface area contributed by atoms with Gasteiger partial charge in [-0.05, 0) is 6.92 Å². The molecule has 0 unspecified atom stereocenters. The summed E-state index contributed by atoms with van der Waals surface area (Å²) in [5.41, 5.74) is -2.31. The summed E-state index contributed by atoms with van der Waals surface area (Å²) in [7, 11) is 0. The van der Waals surface area contributed by atoms with Gasteiger partial charge in [-0.2, -0.15) is 0 Å². The minimum Gasteiger partial charge on any atom is -0.466 e. The lowest BCUT2D eigenvalue weighted by Gasteiger charge is -2.08. The number of carbonyl (C=O) groups is 1. The molecule has 0 atom stereocenters. The largest absolute Gasteiger partial charge is 0.466 e. The molecular weight excluding hydrogens is 239 g/mol. The van der Waals surface area contributed by atoms with Crippen LogP contribution < -0.4 is 5.56 Å². The molecule has 0 bridgehead atoms. The fourth-order valence-electron chi connectivity index (χ4n) is 1.32. The maximum Gasteiger partial charge on any atom is 0.311 e. The Balaban J connectivity index is 3.12. The predicted octanol–water partition coefficient (Wildman–Crippen LogP) is 1.56. The number of esters is 1. The van der Waals surface area contributed by atoms with Crippen LogP contribution >= 0.6 is 0 Å². The number of H-pyrrole nitrogens is 1. The van der Waals surface area contributed by atoms with E-state index < -0.39 is 41.4 Å². The smallest absolute Gasteiger partial charge is 0.311 e. The summed E-state index contributed by atoms with van der Waals surface area (Å²) in [6.45, 7) is 1.61. The predicted molar refractivity (Wildman–Crippen MR) is 52.3 cm³/mol. The van der Waals surface area contributed by atoms with Crippen LogP contribution in [0.1, 0.15) is 24.6 Å². The quantitative estimate of drug-likeness (QED) is 0.824. The van der Waals surface area contributed by atoms with Gasteiger partial charge in [0.2, 0.25) is 0 Å². The molecule has 1 aromatic rings. The molecule has 0 aromatic carbocycles. The normalized spacial score (nSPS) is 10.6. The Kier molecular flexibility index (Phi) is 4.30. The average molecular weight is 249 g/mol. The zero-order valence-electron chi connectivity index (χ0n) is 8.93. The van der Waals surface area contributed by atoms with E-state index in [-0.39, 0.29) is 6.61 Å². The molecule has 94 valence electrons. The van der Waals surface area contributed by atoms with Gasteiger partial charge in [-0.25, -0.2) is 13.2 Å². The molecular formula is C10H10F3NO3. The van der Waals surface area contributed by atoms with Crippen molar-refractivity contribution in [1.82, 2.24) is 4.98 Å². The Morgan fingerprint density at radius 1 is 1.53 bits per heavy atom. The lowest BCUT2D eigenvalue weighted by atomic mass is 10.1. The zero-order valence-corrected chi connectivity index (χ0v) is 8.93. The van der Waals surface area contributed by atoms with E-state index in [1.807, 2.05) is 4.98 Å². The van der Waals surface area contributed by atoms with Crippen LogP contribution in [0.4, 0.5) is 13.2 Å². The minimum absolute atomic E-state index is 0.0718. The Morgan fingerprint density at radius 3 is 2.71 bits per heavy atom. The number of alkyl halides is 2. The van der Waals surface area contributed by atoms with Crippen molar-refractivity contribution in [2.24, 2.45) is 0 Å². The number of nitrogens with one attached hydrogen (secondary N) is 1. The van der Waals surface area contributed by atoms with Gasteiger partial charge >= 0.3 is 5.97 Å². The van der Waals surface area contributed by atoms with Gasteiger partial charge in [-0.15, -0.1) is 0 Å². The van der Waals surface area contributed by atoms with Gasteiger partial charge in [-0.3, -0.25) is 9.59 Å². The topological polar surface area (TPSA) is 59.2 Å². The molecule has 0 amide bonds. The number of halogens is 3. The molecule has 0 spiro atoms. The van der Waals surface area contributed by atoms with Gasteiger partial charge in [0.1, 0.15) is 5.82 Å². The van der Waals surface area contributed by atoms with Gasteiger partial charge in [0, 0.05) is 11.8 Å². The van der Waals surface area contributed by atoms with Crippen LogP contribution in [0.15, 0.2) is 10.9 Å². The van der Waals surface area contributed by atoms with Gasteiger partial charge < -0.3 is 9.72 Å². The van der Waals surface area contributed by atoms with Crippen molar-refractivity contribution in [3.05, 3.63) is 33.5 Å². The second-order valence-electron chi connectivity index (χ2n) is 3.16. The van der Waals surface area contributed by atoms with Gasteiger partial charge in [0.15, 0.2) is 0 Å². The number of aromatic amines is 1. The molecule has 0 saturated carbocycles. The first kappa shape index (κ1) is 13.3. The van der Waals surface area contributed by atoms with E-state index >= 15 is 0 Å². The molecule has 0 aliphatic rings. The summed E-state index contributed by atoms with van der Waals surface area (Å²) in [5, 5.41) is 0. The number of carbonyl (C=O) groups excluding carboxylic acids is 1. The number of hydrogen-bond acceptors (Lipinski definition) is 3. The first-order chi connectivity index (χ1) is 7.95. The van der Waals surface area contributed by atoms with Crippen LogP contribution in [0, 0.1) is 5.82 Å². The van der Waals surface area contributed by atoms with Crippen LogP contribution in [-0.2, 0) is 16.0 Å². The highest BCUT2D eigenvalue weighted by Crippen LogP contribution is 2.24. The van der Waals surface area contributed by atoms with Crippen molar-refractivity contribution in [3.63, 3.8) is 0 Å². The lowest BCUT2D eigenvalue weighted by molar-refractivity contribution is -0.142. The second kappa shape index (κ2) is 5.51. The molecule has 0 aliphatic carbocycles. The van der Waals surface area contributed by atoms with Crippen molar-refractivity contribution in [2.75, 3.05) is 6.61 Å². The summed E-state index contributed by atoms with van der Waals surface area (Å²) in [5.74, 6) is -2.14. The summed E-state index contributed by atoms with van der Waals surface area (Å²) in [6.07, 6.45) is -3.71. The first-order valence-electron chi connectivity index (χ1n) is 4.81. The summed E-state index contributed by atoms with van der Waals surface area (Å²) in [6, 6.07) is 0.413. The summed E-state index contributed by atoms with van der Waals surface area (Å²) < 4.78 is 42.8. The molecule has 4 nitrogen and oxygen atoms in total. The Hall–Kier alpha value is -1.79. The third-order valence-corrected chi connectivity index (χ3v) is 1.96. The average Bonchev–Trinajstić information content (AvgIpc) is 2.15. The first-order valence-corrected chi connectivity index (χ1v) is 4.81. The van der Waals surface area contributed by atoms with Crippen molar-refractivity contribution < 1.29 is 22.7 Å². The molecule has 0 radical (unpaired) electrons. The highest BCUT2D eigenvalue weighted by atomic mass is 19.3. The van der Waals surface area contributed by atoms with E-state index in [1.165, 1.54) is 0 Å². The number of pyridine rings is 1. The number of rotatable bonds is 4. The van der Waals surface area contributed by atoms with Crippen LogP contribution in [0.5, 0.6) is 0 Å². The molecule has 1 N–H and O–H groups in total. The molecule has 0 saturated heterocycles. The van der Waals surface area contributed by atoms with Crippen molar-refractivity contribution in [1.29, 1.82) is 0 Å². The van der Waals surface area contributed by atoms with Gasteiger partial charge in [-0.1, -0.05) is 0 Å². The number of aromatic nitrogens is 1. The van der Waals surface area contributed by atoms with E-state index in [2.05, 4.69) is 4.74 Å². The lowest BCUT2D eigenvalue weighted by Crippen LogP contribution is -2.18. The number of ether oxygens (including phenoxy) is 1. The van der Waals surface area contributed by atoms with E-state index in [1.54, 1.807) is 6.92 Å². The Bertz CT molecular complexity index is 470. The van der Waals surface area contributed by atoms with Crippen LogP contribution in [0.3, 0.4) is 0 Å². The molecule has 1 aromatic heterocycles. The molecule has 1 heterocycles. The van der Waals surface area contributed by atoms with Crippen LogP contribution in [-0.4, -0.2) is 17.6 Å². The molecule has 1 rings (SSSR count). The standard InChI is InChI=1S/C10H10F3NO3/c1-2-17-8(16)4-6-9(10(12)13)5(11)3-7(15)14-6/h3,10H,2,4H2,1H3,(H,14,15). The van der Waals surface area contributed by atoms with Gasteiger partial charge in [0.25, 0.3) is 12.0 Å². The van der Waals surface area contributed by atoms with Gasteiger partial charge in [0.05, 0.1) is 18.6 Å². The van der Waals surface area contributed by atoms with E-state index in [4.69, 9.17) is 0 Å². The van der Waals surface area contributed by atoms with Crippen LogP contribution in [0.25, 0.3) is 0 Å². The highest BCUT2D eigenvalue weighted by molar-refractivity contribution is 5.72. The molecule has 0 aliphatic heterocycles. The third kappa shape index (κ3) is 3.33. The minimum atomic E-state index is -3.11. The van der Waals surface area contributed by atoms with Crippen molar-refractivity contribution in [2.45, 2.75) is 19.8 Å². The third-order valence-electron chi connectivity index (χ3n) is 1.96. The fraction of sp³-hybridized carbons (Fsp3) is 0.400. The second-order valence-corrected chi connectivity index (χ2v) is 3.16. The zero-order chi connectivity index (χ0) is 13.0. The molecule has 0 fully saturated rings. The summed E-state index contributed by atoms with van der Waals surface area (Å²) >= 11 is 0. The van der Waals surface area contributed by atoms with Crippen molar-refractivity contribution in [3.8, 4) is 0 Å². The Morgan fingerprint density at radius 2 is 2.18 bits per heavy atom. The van der Waals surface area contributed by atoms with E-state index in [9.17, 15) is 22.8 Å². The Labute approximate surface area is 94.4 Å². The number of hydrogen-bond donors (Lipinski definition) is 1. The van der Waals surface area contributed by atoms with E-state index in [0.717, 1.165) is 0 Å². The highest BCUT2D eigenvalue weighted by Gasteiger charge is 2.21. The maximum atomic E-state index is 13.1. The summed E-state index contributed by atoms with van der Waals surface area (Å²) in [4.78, 5) is 24.0. The monoisotopic (exact) mass is 249 g/mol. The fourth-order valence-corrected chi connectivity index (χ4v) is 1.32. The maximum absolute atomic E-state index is 13.1. The van der Waals surface area contributed by atoms with E-state index in [0.29, 0.717) is 6.07 Å². The molecule has 7 heteroatoms.